The van der Waals surface area contributed by atoms with Gasteiger partial charge in [-0.3, -0.25) is 19.4 Å². The van der Waals surface area contributed by atoms with Gasteiger partial charge in [-0.2, -0.15) is 0 Å². The largest absolute Gasteiger partial charge is 0.492 e. The van der Waals surface area contributed by atoms with Crippen molar-refractivity contribution < 1.29 is 47.9 Å². The van der Waals surface area contributed by atoms with Crippen LogP contribution in [0.5, 0.6) is 34.5 Å². The molecule has 0 saturated carbocycles. The monoisotopic (exact) mass is 1880 g/mol. The second-order valence-electron chi connectivity index (χ2n) is 21.9. The number of fused-ring (bicyclic) bond motifs is 3. The van der Waals surface area contributed by atoms with Crippen LogP contribution in [0, 0.1) is 10.8 Å². The van der Waals surface area contributed by atoms with E-state index < -0.39 is 16.8 Å². The zero-order chi connectivity index (χ0) is 63.4. The summed E-state index contributed by atoms with van der Waals surface area (Å²) in [6.45, 7) is 13.1. The molecule has 0 radical (unpaired) electrons. The van der Waals surface area contributed by atoms with Crippen molar-refractivity contribution in [2.45, 2.75) is 93.7 Å². The number of esters is 1. The summed E-state index contributed by atoms with van der Waals surface area (Å²) in [5.74, 6) is 3.71. The topological polar surface area (TPSA) is 151 Å². The number of nitrogens with zero attached hydrogens (tertiary/aromatic N) is 2. The second-order valence-corrected chi connectivity index (χ2v) is 43.1. The first-order valence-corrected chi connectivity index (χ1v) is 35.5. The highest BCUT2D eigenvalue weighted by Crippen LogP contribution is 2.40. The molecule has 2 saturated heterocycles. The van der Waals surface area contributed by atoms with Gasteiger partial charge in [0.15, 0.2) is 0 Å². The van der Waals surface area contributed by atoms with Crippen LogP contribution < -0.4 is 34.2 Å². The highest BCUT2D eigenvalue weighted by Gasteiger charge is 2.50. The second kappa shape index (κ2) is 34.7. The molecule has 3 N–H and O–H groups in total. The van der Waals surface area contributed by atoms with E-state index in [0.29, 0.717) is 100 Å². The van der Waals surface area contributed by atoms with Gasteiger partial charge in [-0.15, -0.1) is 0 Å². The van der Waals surface area contributed by atoms with Gasteiger partial charge in [0, 0.05) is 109 Å². The number of likely N-dealkylation sites (tertiary alicyclic amines) is 2. The Labute approximate surface area is 615 Å². The Morgan fingerprint density at radius 3 is 1.19 bits per heavy atom. The molecule has 13 nitrogen and oxygen atoms in total. The Kier molecular flexibility index (Phi) is 29.7. The number of nitrogens with two attached hydrogens (primary N) is 1. The van der Waals surface area contributed by atoms with Gasteiger partial charge in [0.05, 0.1) is 19.9 Å². The molecule has 0 bridgehead atoms. The molecule has 88 heavy (non-hydrogen) atoms. The summed E-state index contributed by atoms with van der Waals surface area (Å²) in [6, 6.07) is 34.1. The molecule has 0 amide bonds. The lowest BCUT2D eigenvalue weighted by Gasteiger charge is -2.50. The molecule has 6 aromatic carbocycles. The molecular formula is C64H70Cl6I5N3O10. The molecule has 24 heteroatoms. The molecule has 5 aliphatic rings. The van der Waals surface area contributed by atoms with E-state index in [1.54, 1.807) is 49.4 Å². The number of hydrogen-bond donors (Lipinski definition) is 2. The Balaban J connectivity index is 0.000000197. The van der Waals surface area contributed by atoms with Crippen LogP contribution in [0.2, 0.25) is 30.1 Å². The van der Waals surface area contributed by atoms with E-state index in [4.69, 9.17) is 108 Å². The average molecular weight is 1890 g/mol. The fraction of sp³-hybridized carbons (Fsp3) is 0.406. The third-order valence-corrected chi connectivity index (χ3v) is 16.7. The van der Waals surface area contributed by atoms with Gasteiger partial charge in [0.25, 0.3) is 0 Å². The maximum atomic E-state index is 11.9. The number of carbonyl (C=O) groups is 2. The molecule has 0 aromatic heterocycles. The molecule has 0 spiro atoms. The Morgan fingerprint density at radius 2 is 0.886 bits per heavy atom. The fourth-order valence-corrected chi connectivity index (χ4v) is 11.5. The summed E-state index contributed by atoms with van der Waals surface area (Å²) in [6.07, 6.45) is 2.54. The van der Waals surface area contributed by atoms with Crippen LogP contribution in [-0.4, -0.2) is 99.4 Å². The summed E-state index contributed by atoms with van der Waals surface area (Å²) in [7, 11) is 1.44. The van der Waals surface area contributed by atoms with Crippen molar-refractivity contribution in [1.29, 1.82) is 0 Å². The van der Waals surface area contributed by atoms with Gasteiger partial charge >= 0.3 is 11.9 Å². The highest BCUT2D eigenvalue weighted by molar-refractivity contribution is 14.3. The number of carboxylic acids is 1. The number of rotatable bonds is 13. The minimum Gasteiger partial charge on any atom is -0.492 e. The van der Waals surface area contributed by atoms with E-state index in [-0.39, 0.29) is 38.1 Å². The maximum absolute atomic E-state index is 11.9. The predicted molar refractivity (Wildman–Crippen MR) is 399 cm³/mol. The number of aliphatic carboxylic acids is 1. The molecular weight excluding hydrogens is 1820 g/mol. The quantitative estimate of drug-likeness (QED) is 0.0642. The number of alkyl halides is 5. The first-order valence-electron chi connectivity index (χ1n) is 27.5. The molecule has 478 valence electrons. The first-order chi connectivity index (χ1) is 41.1. The lowest BCUT2D eigenvalue weighted by molar-refractivity contribution is -0.165. The average Bonchev–Trinajstić information content (AvgIpc) is 1.79. The van der Waals surface area contributed by atoms with Gasteiger partial charge in [-0.25, -0.2) is 0 Å². The van der Waals surface area contributed by atoms with Gasteiger partial charge in [0.1, 0.15) is 73.6 Å². The van der Waals surface area contributed by atoms with Crippen LogP contribution in [0.15, 0.2) is 109 Å². The minimum atomic E-state index is -0.735. The number of carboxylic acid groups (broad SMARTS) is 1. The van der Waals surface area contributed by atoms with Crippen LogP contribution in [0.1, 0.15) is 68.5 Å². The van der Waals surface area contributed by atoms with E-state index in [1.165, 1.54) is 7.11 Å². The molecule has 0 unspecified atom stereocenters. The highest BCUT2D eigenvalue weighted by atomic mass is 127. The van der Waals surface area contributed by atoms with Gasteiger partial charge in [-0.1, -0.05) is 226 Å². The molecule has 5 aliphatic heterocycles. The molecule has 2 fully saturated rings. The number of benzene rings is 6. The first kappa shape index (κ1) is 75.4. The molecule has 0 aliphatic carbocycles. The zero-order valence-corrected chi connectivity index (χ0v) is 63.5. The Hall–Kier alpha value is -1.67. The minimum absolute atomic E-state index is 0. The van der Waals surface area contributed by atoms with Crippen LogP contribution in [0.3, 0.4) is 0 Å². The van der Waals surface area contributed by atoms with Crippen molar-refractivity contribution in [2.75, 3.05) is 53.1 Å². The normalized spacial score (nSPS) is 18.4. The summed E-state index contributed by atoms with van der Waals surface area (Å²) in [5.41, 5.74) is 10.5. The number of hydrogen-bond acceptors (Lipinski definition) is 12. The predicted octanol–water partition coefficient (Wildman–Crippen LogP) is 18.3. The number of ether oxygens (including phenoxy) is 7. The van der Waals surface area contributed by atoms with Gasteiger partial charge in [0.2, 0.25) is 0 Å². The van der Waals surface area contributed by atoms with Crippen LogP contribution in [-0.2, 0) is 53.4 Å². The SMILES string of the molecule is C.CC(I)(I)I.CC(I)I.CC1(C(=O)O)CN([C@@H]2COc3cc(OCc4c(Cl)cccc4Cl)ccc3C2)C1.COC(=O)C1(C)CN([C@@H]2COc3cc(OCc4c(Cl)cccc4Cl)ccc3C2)C1.N[C@@H]1COc2cc(OCc3c(Cl)cccc3Cl)ccc2C1. The Bertz CT molecular complexity index is 3270. The van der Waals surface area contributed by atoms with E-state index in [1.807, 2.05) is 73.7 Å². The lowest BCUT2D eigenvalue weighted by atomic mass is 9.80. The molecule has 6 aromatic rings. The van der Waals surface area contributed by atoms with Gasteiger partial charge in [-0.05, 0) is 118 Å². The summed E-state index contributed by atoms with van der Waals surface area (Å²) >= 11 is 48.7. The number of carbonyl (C=O) groups excluding carboxylic acids is 1. The summed E-state index contributed by atoms with van der Waals surface area (Å²) < 4.78 is 41.1. The fourth-order valence-electron chi connectivity index (χ4n) is 9.99. The van der Waals surface area contributed by atoms with Crippen LogP contribution in [0.25, 0.3) is 0 Å². The van der Waals surface area contributed by atoms with E-state index in [9.17, 15) is 14.7 Å². The van der Waals surface area contributed by atoms with E-state index in [2.05, 4.69) is 137 Å². The lowest BCUT2D eigenvalue weighted by Crippen LogP contribution is -2.64. The third kappa shape index (κ3) is 22.0. The standard InChI is InChI=1S/C22H23Cl2NO4.C21H21Cl2NO4.C16H15Cl2NO2.C2H3I3.C2H4I2.CH4/c1-22(21(26)27-2)12-25(13-22)15-8-14-6-7-16(9-20(14)29-10-15)28-11-17-18(23)4-3-5-19(17)24;1-21(20(25)26)11-24(12-21)14-7-13-5-6-15(8-19(13)28-9-14)27-10-16-17(22)3-2-4-18(16)23;17-14-2-1-3-15(18)13(14)9-20-12-5-4-10-6-11(19)8-21-16(10)7-12;1-2(3,4)5;1-2(3)4;/h3-7,9,15H,8,10-13H2,1-2H3;2-6,8,14H,7,9-12H2,1H3,(H,25,26);1-5,7,11H,6,8-9,19H2;1H3;2H,1H3;1H4/t15-;14-;11-;;;/m000.../s1. The number of methoxy groups -OCH3 is 1. The zero-order valence-electron chi connectivity index (χ0n) is 48.1. The Morgan fingerprint density at radius 1 is 0.591 bits per heavy atom. The molecule has 11 rings (SSSR count). The summed E-state index contributed by atoms with van der Waals surface area (Å²) in [4.78, 5) is 27.6. The summed E-state index contributed by atoms with van der Waals surface area (Å²) in [5, 5.41) is 12.8. The van der Waals surface area contributed by atoms with Crippen molar-refractivity contribution in [3.8, 4) is 34.5 Å². The van der Waals surface area contributed by atoms with Crippen molar-refractivity contribution in [3.63, 3.8) is 0 Å². The van der Waals surface area contributed by atoms with Crippen molar-refractivity contribution in [1.82, 2.24) is 9.80 Å². The van der Waals surface area contributed by atoms with E-state index in [0.717, 1.165) is 77.6 Å². The number of halogens is 11. The smallest absolute Gasteiger partial charge is 0.314 e. The van der Waals surface area contributed by atoms with Crippen molar-refractivity contribution >= 4 is 194 Å². The van der Waals surface area contributed by atoms with Crippen molar-refractivity contribution in [2.24, 2.45) is 16.6 Å². The molecule has 5 heterocycles. The van der Waals surface area contributed by atoms with Crippen LogP contribution in [0.4, 0.5) is 0 Å². The van der Waals surface area contributed by atoms with Crippen LogP contribution >= 0.6 is 183 Å². The maximum Gasteiger partial charge on any atom is 0.314 e. The van der Waals surface area contributed by atoms with E-state index >= 15 is 0 Å². The third-order valence-electron chi connectivity index (χ3n) is 14.6. The van der Waals surface area contributed by atoms with Gasteiger partial charge < -0.3 is 44.0 Å². The van der Waals surface area contributed by atoms with Crippen molar-refractivity contribution in [3.05, 3.63) is 173 Å². The molecule has 3 atom stereocenters.